The van der Waals surface area contributed by atoms with Gasteiger partial charge in [0, 0.05) is 16.7 Å². The van der Waals surface area contributed by atoms with Crippen molar-refractivity contribution in [3.8, 4) is 16.9 Å². The predicted octanol–water partition coefficient (Wildman–Crippen LogP) is 5.61. The molecular weight excluding hydrogens is 397 g/mol. The number of hydrogen-bond acceptors (Lipinski definition) is 3. The van der Waals surface area contributed by atoms with Gasteiger partial charge in [-0.2, -0.15) is 0 Å². The van der Waals surface area contributed by atoms with Gasteiger partial charge in [0.1, 0.15) is 17.5 Å². The van der Waals surface area contributed by atoms with E-state index in [1.807, 2.05) is 0 Å². The molecule has 0 unspecified atom stereocenters. The highest BCUT2D eigenvalue weighted by molar-refractivity contribution is 6.36. The van der Waals surface area contributed by atoms with Gasteiger partial charge in [-0.25, -0.2) is 18.6 Å². The molecule has 0 bridgehead atoms. The molecule has 8 heteroatoms. The van der Waals surface area contributed by atoms with Gasteiger partial charge in [0.05, 0.1) is 23.0 Å². The molecule has 0 amide bonds. The van der Waals surface area contributed by atoms with E-state index in [0.717, 1.165) is 18.2 Å². The lowest BCUT2D eigenvalue weighted by Gasteiger charge is -2.13. The number of carbonyl (C=O) groups is 1. The van der Waals surface area contributed by atoms with Crippen molar-refractivity contribution < 1.29 is 18.3 Å². The maximum absolute atomic E-state index is 13.8. The highest BCUT2D eigenvalue weighted by atomic mass is 35.5. The number of ether oxygens (including phenoxy) is 1. The molecule has 0 saturated carbocycles. The first kappa shape index (κ1) is 19.3. The van der Waals surface area contributed by atoms with Crippen molar-refractivity contribution in [3.63, 3.8) is 0 Å². The van der Waals surface area contributed by atoms with Gasteiger partial charge in [-0.1, -0.05) is 23.2 Å². The largest absolute Gasteiger partial charge is 0.461 e. The van der Waals surface area contributed by atoms with E-state index >= 15 is 0 Å². The van der Waals surface area contributed by atoms with Crippen molar-refractivity contribution in [1.29, 1.82) is 0 Å². The van der Waals surface area contributed by atoms with Crippen LogP contribution in [0.4, 0.5) is 8.78 Å². The molecule has 2 aromatic carbocycles. The average Bonchev–Trinajstić information content (AvgIpc) is 2.91. The van der Waals surface area contributed by atoms with Gasteiger partial charge in [0.25, 0.3) is 0 Å². The van der Waals surface area contributed by atoms with Crippen molar-refractivity contribution in [3.05, 3.63) is 69.6 Å². The van der Waals surface area contributed by atoms with Crippen LogP contribution < -0.4 is 0 Å². The molecular formula is C19H14Cl2F2N2O2. The lowest BCUT2D eigenvalue weighted by molar-refractivity contribution is 0.0521. The number of halogens is 4. The summed E-state index contributed by atoms with van der Waals surface area (Å²) in [4.78, 5) is 16.7. The molecule has 4 nitrogen and oxygen atoms in total. The molecule has 0 fully saturated rings. The summed E-state index contributed by atoms with van der Waals surface area (Å²) in [5.74, 6) is -1.85. The summed E-state index contributed by atoms with van der Waals surface area (Å²) in [5.41, 5.74) is 0.837. The highest BCUT2D eigenvalue weighted by Crippen LogP contribution is 2.35. The Labute approximate surface area is 164 Å². The molecule has 0 aliphatic carbocycles. The zero-order valence-electron chi connectivity index (χ0n) is 14.4. The first-order valence-electron chi connectivity index (χ1n) is 8.00. The Kier molecular flexibility index (Phi) is 5.48. The Bertz CT molecular complexity index is 1010. The third-order valence-electron chi connectivity index (χ3n) is 3.81. The molecule has 3 rings (SSSR count). The van der Waals surface area contributed by atoms with Gasteiger partial charge in [0.2, 0.25) is 0 Å². The summed E-state index contributed by atoms with van der Waals surface area (Å²) in [6, 6.07) is 7.75. The van der Waals surface area contributed by atoms with Crippen molar-refractivity contribution in [2.24, 2.45) is 0 Å². The summed E-state index contributed by atoms with van der Waals surface area (Å²) in [5, 5.41) is 0.659. The molecule has 1 aromatic heterocycles. The van der Waals surface area contributed by atoms with E-state index in [9.17, 15) is 13.6 Å². The van der Waals surface area contributed by atoms with Crippen LogP contribution in [-0.2, 0) is 4.74 Å². The second-order valence-corrected chi connectivity index (χ2v) is 6.51. The van der Waals surface area contributed by atoms with Crippen LogP contribution in [0.2, 0.25) is 10.0 Å². The van der Waals surface area contributed by atoms with Gasteiger partial charge in [-0.05, 0) is 44.2 Å². The van der Waals surface area contributed by atoms with Crippen molar-refractivity contribution >= 4 is 29.2 Å². The zero-order valence-corrected chi connectivity index (χ0v) is 15.9. The van der Waals surface area contributed by atoms with E-state index in [4.69, 9.17) is 27.9 Å². The fraction of sp³-hybridized carbons (Fsp3) is 0.158. The van der Waals surface area contributed by atoms with E-state index < -0.39 is 17.6 Å². The Morgan fingerprint density at radius 3 is 2.41 bits per heavy atom. The van der Waals surface area contributed by atoms with Crippen LogP contribution in [0.1, 0.15) is 23.2 Å². The van der Waals surface area contributed by atoms with Gasteiger partial charge >= 0.3 is 5.97 Å². The summed E-state index contributed by atoms with van der Waals surface area (Å²) in [6.45, 7) is 3.42. The van der Waals surface area contributed by atoms with Gasteiger partial charge in [-0.3, -0.25) is 4.57 Å². The zero-order chi connectivity index (χ0) is 19.7. The quantitative estimate of drug-likeness (QED) is 0.525. The molecule has 0 saturated heterocycles. The topological polar surface area (TPSA) is 44.1 Å². The Morgan fingerprint density at radius 2 is 1.81 bits per heavy atom. The van der Waals surface area contributed by atoms with Crippen LogP contribution in [0, 0.1) is 18.6 Å². The van der Waals surface area contributed by atoms with Crippen molar-refractivity contribution in [2.45, 2.75) is 13.8 Å². The number of imidazole rings is 1. The minimum Gasteiger partial charge on any atom is -0.461 e. The first-order chi connectivity index (χ1) is 12.8. The molecule has 0 atom stereocenters. The van der Waals surface area contributed by atoms with Crippen LogP contribution in [-0.4, -0.2) is 22.1 Å². The van der Waals surface area contributed by atoms with E-state index in [2.05, 4.69) is 4.98 Å². The summed E-state index contributed by atoms with van der Waals surface area (Å²) >= 11 is 12.3. The van der Waals surface area contributed by atoms with Gasteiger partial charge in [-0.15, -0.1) is 0 Å². The highest BCUT2D eigenvalue weighted by Gasteiger charge is 2.26. The smallest absolute Gasteiger partial charge is 0.359 e. The van der Waals surface area contributed by atoms with Crippen LogP contribution in [0.15, 0.2) is 36.4 Å². The Balaban J connectivity index is 2.35. The number of esters is 1. The molecule has 0 N–H and O–H groups in total. The first-order valence-corrected chi connectivity index (χ1v) is 8.75. The maximum Gasteiger partial charge on any atom is 0.359 e. The molecule has 0 spiro atoms. The van der Waals surface area contributed by atoms with Gasteiger partial charge in [0.15, 0.2) is 5.69 Å². The van der Waals surface area contributed by atoms with Crippen molar-refractivity contribution in [1.82, 2.24) is 9.55 Å². The summed E-state index contributed by atoms with van der Waals surface area (Å²) in [6.07, 6.45) is 0. The van der Waals surface area contributed by atoms with Crippen molar-refractivity contribution in [2.75, 3.05) is 6.61 Å². The third-order valence-corrected chi connectivity index (χ3v) is 4.35. The Morgan fingerprint density at radius 1 is 1.15 bits per heavy atom. The van der Waals surface area contributed by atoms with Crippen LogP contribution in [0.5, 0.6) is 0 Å². The molecule has 140 valence electrons. The van der Waals surface area contributed by atoms with Gasteiger partial charge < -0.3 is 4.74 Å². The third kappa shape index (κ3) is 3.82. The fourth-order valence-electron chi connectivity index (χ4n) is 2.79. The van der Waals surface area contributed by atoms with Crippen LogP contribution in [0.25, 0.3) is 16.9 Å². The van der Waals surface area contributed by atoms with E-state index in [1.54, 1.807) is 26.0 Å². The minimum atomic E-state index is -0.760. The molecule has 1 heterocycles. The normalized spacial score (nSPS) is 10.9. The number of benzene rings is 2. The molecule has 27 heavy (non-hydrogen) atoms. The summed E-state index contributed by atoms with van der Waals surface area (Å²) in [7, 11) is 0. The average molecular weight is 411 g/mol. The standard InChI is InChI=1S/C19H14Cl2F2N2O2/c1-3-27-19(26)17-18(15-5-4-11(20)6-16(15)21)25(10(2)24-17)14-8-12(22)7-13(23)9-14/h4-9H,3H2,1-2H3. The fourth-order valence-corrected chi connectivity index (χ4v) is 3.29. The van der Waals surface area contributed by atoms with E-state index in [-0.39, 0.29) is 28.7 Å². The molecule has 0 radical (unpaired) electrons. The second kappa shape index (κ2) is 7.66. The number of carbonyl (C=O) groups excluding carboxylic acids is 1. The minimum absolute atomic E-state index is 0.0109. The predicted molar refractivity (Wildman–Crippen MR) is 99.6 cm³/mol. The molecule has 3 aromatic rings. The number of nitrogens with zero attached hydrogens (tertiary/aromatic N) is 2. The Hall–Kier alpha value is -2.44. The van der Waals surface area contributed by atoms with E-state index in [0.29, 0.717) is 16.4 Å². The molecule has 0 aliphatic rings. The lowest BCUT2D eigenvalue weighted by Crippen LogP contribution is -2.08. The maximum atomic E-state index is 13.8. The number of hydrogen-bond donors (Lipinski definition) is 0. The molecule has 0 aliphatic heterocycles. The van der Waals surface area contributed by atoms with Crippen LogP contribution >= 0.6 is 23.2 Å². The second-order valence-electron chi connectivity index (χ2n) is 5.66. The lowest BCUT2D eigenvalue weighted by atomic mass is 10.1. The number of rotatable bonds is 4. The number of aromatic nitrogens is 2. The van der Waals surface area contributed by atoms with Crippen LogP contribution in [0.3, 0.4) is 0 Å². The summed E-state index contributed by atoms with van der Waals surface area (Å²) < 4.78 is 34.1. The van der Waals surface area contributed by atoms with E-state index in [1.165, 1.54) is 10.6 Å². The number of aryl methyl sites for hydroxylation is 1. The monoisotopic (exact) mass is 410 g/mol. The SMILES string of the molecule is CCOC(=O)c1nc(C)n(-c2cc(F)cc(F)c2)c1-c1ccc(Cl)cc1Cl.